The van der Waals surface area contributed by atoms with E-state index in [9.17, 15) is 19.2 Å². The first-order chi connectivity index (χ1) is 11.9. The molecular formula is C17H24O8. The van der Waals surface area contributed by atoms with Crippen molar-refractivity contribution in [2.24, 2.45) is 17.3 Å². The molecule has 0 spiro atoms. The molecule has 0 unspecified atom stereocenters. The lowest BCUT2D eigenvalue weighted by Gasteiger charge is -2.31. The molecule has 0 radical (unpaired) electrons. The highest BCUT2D eigenvalue weighted by atomic mass is 16.6. The lowest BCUT2D eigenvalue weighted by molar-refractivity contribution is -0.175. The van der Waals surface area contributed by atoms with Crippen molar-refractivity contribution in [3.63, 3.8) is 0 Å². The van der Waals surface area contributed by atoms with Crippen molar-refractivity contribution < 1.29 is 38.1 Å². The van der Waals surface area contributed by atoms with E-state index >= 15 is 0 Å². The Labute approximate surface area is 146 Å². The molecule has 2 aliphatic rings. The fourth-order valence-electron chi connectivity index (χ4n) is 3.33. The van der Waals surface area contributed by atoms with Gasteiger partial charge in [0.05, 0.1) is 38.3 Å². The van der Waals surface area contributed by atoms with Gasteiger partial charge in [0.25, 0.3) is 0 Å². The molecule has 2 heterocycles. The van der Waals surface area contributed by atoms with Gasteiger partial charge >= 0.3 is 23.9 Å². The van der Waals surface area contributed by atoms with Crippen LogP contribution in [0.3, 0.4) is 0 Å². The third-order valence-electron chi connectivity index (χ3n) is 4.61. The van der Waals surface area contributed by atoms with Crippen LogP contribution in [0.2, 0.25) is 0 Å². The Hall–Kier alpha value is -2.12. The maximum Gasteiger partial charge on any atom is 0.323 e. The first-order valence-electron chi connectivity index (χ1n) is 8.62. The first kappa shape index (κ1) is 19.2. The van der Waals surface area contributed by atoms with E-state index in [-0.39, 0.29) is 39.3 Å². The molecule has 2 aliphatic heterocycles. The molecule has 0 saturated carbocycles. The summed E-state index contributed by atoms with van der Waals surface area (Å²) in [6, 6.07) is 0. The number of carbonyl (C=O) groups excluding carboxylic acids is 4. The molecule has 25 heavy (non-hydrogen) atoms. The Morgan fingerprint density at radius 2 is 1.32 bits per heavy atom. The largest absolute Gasteiger partial charge is 0.465 e. The van der Waals surface area contributed by atoms with Crippen LogP contribution in [0.1, 0.15) is 39.5 Å². The molecule has 8 nitrogen and oxygen atoms in total. The number of cyclic esters (lactones) is 2. The Balaban J connectivity index is 2.35. The van der Waals surface area contributed by atoms with E-state index in [1.807, 2.05) is 0 Å². The van der Waals surface area contributed by atoms with Crippen LogP contribution in [0.4, 0.5) is 0 Å². The van der Waals surface area contributed by atoms with Gasteiger partial charge in [0, 0.05) is 0 Å². The fraction of sp³-hybridized carbons (Fsp3) is 0.765. The first-order valence-corrected chi connectivity index (χ1v) is 8.62. The van der Waals surface area contributed by atoms with E-state index in [4.69, 9.17) is 18.9 Å². The molecule has 2 saturated heterocycles. The molecule has 0 amide bonds. The summed E-state index contributed by atoms with van der Waals surface area (Å²) in [6.07, 6.45) is 0.642. The lowest BCUT2D eigenvalue weighted by Crippen LogP contribution is -2.46. The lowest BCUT2D eigenvalue weighted by atomic mass is 9.72. The van der Waals surface area contributed by atoms with Crippen molar-refractivity contribution in [1.82, 2.24) is 0 Å². The highest BCUT2D eigenvalue weighted by Gasteiger charge is 2.54. The third-order valence-corrected chi connectivity index (χ3v) is 4.61. The van der Waals surface area contributed by atoms with Crippen LogP contribution in [0.15, 0.2) is 0 Å². The van der Waals surface area contributed by atoms with Crippen LogP contribution in [0.5, 0.6) is 0 Å². The second kappa shape index (κ2) is 8.31. The van der Waals surface area contributed by atoms with E-state index in [1.54, 1.807) is 13.8 Å². The van der Waals surface area contributed by atoms with Gasteiger partial charge in [-0.2, -0.15) is 0 Å². The van der Waals surface area contributed by atoms with Gasteiger partial charge in [0.2, 0.25) is 0 Å². The summed E-state index contributed by atoms with van der Waals surface area (Å²) < 4.78 is 20.1. The summed E-state index contributed by atoms with van der Waals surface area (Å²) in [6.45, 7) is 3.89. The summed E-state index contributed by atoms with van der Waals surface area (Å²) >= 11 is 0. The molecule has 2 atom stereocenters. The van der Waals surface area contributed by atoms with Crippen molar-refractivity contribution in [1.29, 1.82) is 0 Å². The van der Waals surface area contributed by atoms with E-state index < -0.39 is 41.1 Å². The number of ether oxygens (including phenoxy) is 4. The summed E-state index contributed by atoms with van der Waals surface area (Å²) in [5, 5.41) is 0. The maximum atomic E-state index is 12.7. The average molecular weight is 356 g/mol. The molecule has 2 fully saturated rings. The van der Waals surface area contributed by atoms with Crippen LogP contribution in [0.25, 0.3) is 0 Å². The van der Waals surface area contributed by atoms with E-state index in [0.29, 0.717) is 12.8 Å². The molecule has 0 aromatic heterocycles. The normalized spacial score (nSPS) is 23.1. The standard InChI is InChI=1S/C17H24O8/c1-3-22-15(20)17(16(21)23-4-2,9-11-5-7-24-13(11)18)10-12-6-8-25-14(12)19/h11-12H,3-10H2,1-2H3/t11-,12+. The van der Waals surface area contributed by atoms with Gasteiger partial charge in [-0.05, 0) is 39.5 Å². The molecule has 0 aromatic rings. The van der Waals surface area contributed by atoms with Gasteiger partial charge in [-0.3, -0.25) is 19.2 Å². The van der Waals surface area contributed by atoms with Crippen LogP contribution in [-0.2, 0) is 38.1 Å². The number of rotatable bonds is 8. The molecule has 8 heteroatoms. The van der Waals surface area contributed by atoms with Crippen LogP contribution in [-0.4, -0.2) is 50.3 Å². The quantitative estimate of drug-likeness (QED) is 0.360. The van der Waals surface area contributed by atoms with Crippen molar-refractivity contribution in [3.05, 3.63) is 0 Å². The van der Waals surface area contributed by atoms with Crippen molar-refractivity contribution in [2.45, 2.75) is 39.5 Å². The molecule has 140 valence electrons. The van der Waals surface area contributed by atoms with Crippen molar-refractivity contribution in [2.75, 3.05) is 26.4 Å². The van der Waals surface area contributed by atoms with Crippen LogP contribution < -0.4 is 0 Å². The fourth-order valence-corrected chi connectivity index (χ4v) is 3.33. The van der Waals surface area contributed by atoms with Crippen LogP contribution in [0, 0.1) is 17.3 Å². The Morgan fingerprint density at radius 3 is 1.60 bits per heavy atom. The molecule has 0 N–H and O–H groups in total. The number of carbonyl (C=O) groups is 4. The van der Waals surface area contributed by atoms with Gasteiger partial charge in [0.1, 0.15) is 0 Å². The van der Waals surface area contributed by atoms with E-state index in [0.717, 1.165) is 0 Å². The summed E-state index contributed by atoms with van der Waals surface area (Å²) in [4.78, 5) is 49.3. The van der Waals surface area contributed by atoms with Gasteiger partial charge in [-0.25, -0.2) is 0 Å². The topological polar surface area (TPSA) is 105 Å². The second-order valence-electron chi connectivity index (χ2n) is 6.24. The minimum atomic E-state index is -1.71. The Kier molecular flexibility index (Phi) is 6.39. The van der Waals surface area contributed by atoms with Crippen molar-refractivity contribution >= 4 is 23.9 Å². The van der Waals surface area contributed by atoms with Crippen LogP contribution >= 0.6 is 0 Å². The Morgan fingerprint density at radius 1 is 0.920 bits per heavy atom. The Bertz CT molecular complexity index is 493. The summed E-state index contributed by atoms with van der Waals surface area (Å²) in [7, 11) is 0. The van der Waals surface area contributed by atoms with Crippen molar-refractivity contribution in [3.8, 4) is 0 Å². The average Bonchev–Trinajstić information content (AvgIpc) is 3.16. The van der Waals surface area contributed by atoms with E-state index in [1.165, 1.54) is 0 Å². The predicted octanol–water partition coefficient (Wildman–Crippen LogP) is 1.01. The minimum Gasteiger partial charge on any atom is -0.465 e. The predicted molar refractivity (Wildman–Crippen MR) is 83.1 cm³/mol. The van der Waals surface area contributed by atoms with Gasteiger partial charge in [0.15, 0.2) is 5.41 Å². The van der Waals surface area contributed by atoms with Gasteiger partial charge in [-0.1, -0.05) is 0 Å². The zero-order chi connectivity index (χ0) is 18.4. The minimum absolute atomic E-state index is 0.0736. The monoisotopic (exact) mass is 356 g/mol. The molecule has 2 rings (SSSR count). The molecule has 0 aromatic carbocycles. The summed E-state index contributed by atoms with van der Waals surface area (Å²) in [5.41, 5.74) is -1.71. The SMILES string of the molecule is CCOC(=O)C(C[C@H]1CCOC1=O)(C[C@@H]1CCOC1=O)C(=O)OCC. The third kappa shape index (κ3) is 4.11. The number of hydrogen-bond donors (Lipinski definition) is 0. The molecule has 0 aliphatic carbocycles. The molecule has 0 bridgehead atoms. The van der Waals surface area contributed by atoms with E-state index in [2.05, 4.69) is 0 Å². The highest BCUT2D eigenvalue weighted by Crippen LogP contribution is 2.41. The smallest absolute Gasteiger partial charge is 0.323 e. The zero-order valence-corrected chi connectivity index (χ0v) is 14.6. The maximum absolute atomic E-state index is 12.7. The summed E-state index contributed by atoms with van der Waals surface area (Å²) in [5.74, 6) is -3.66. The number of hydrogen-bond acceptors (Lipinski definition) is 8. The van der Waals surface area contributed by atoms with Gasteiger partial charge < -0.3 is 18.9 Å². The zero-order valence-electron chi connectivity index (χ0n) is 14.6. The molecular weight excluding hydrogens is 332 g/mol. The second-order valence-corrected chi connectivity index (χ2v) is 6.24. The van der Waals surface area contributed by atoms with Gasteiger partial charge in [-0.15, -0.1) is 0 Å². The highest BCUT2D eigenvalue weighted by molar-refractivity contribution is 6.01. The number of esters is 4.